The zero-order valence-corrected chi connectivity index (χ0v) is 14.0. The second kappa shape index (κ2) is 6.50. The lowest BCUT2D eigenvalue weighted by molar-refractivity contribution is 0.564. The molecule has 0 aromatic carbocycles. The van der Waals surface area contributed by atoms with Crippen molar-refractivity contribution in [1.29, 1.82) is 0 Å². The Hall–Kier alpha value is -1.20. The summed E-state index contributed by atoms with van der Waals surface area (Å²) in [6, 6.07) is 4.34. The van der Waals surface area contributed by atoms with Crippen molar-refractivity contribution in [3.63, 3.8) is 0 Å². The summed E-state index contributed by atoms with van der Waals surface area (Å²) >= 11 is 3.57. The molecule has 2 rings (SSSR count). The third-order valence-corrected chi connectivity index (χ3v) is 4.54. The van der Waals surface area contributed by atoms with Crippen molar-refractivity contribution in [1.82, 2.24) is 20.1 Å². The van der Waals surface area contributed by atoms with E-state index in [0.29, 0.717) is 0 Å². The molecule has 0 bridgehead atoms. The second-order valence-corrected chi connectivity index (χ2v) is 5.78. The highest BCUT2D eigenvalue weighted by Crippen LogP contribution is 2.25. The first-order valence-corrected chi connectivity index (χ1v) is 7.76. The van der Waals surface area contributed by atoms with Crippen molar-refractivity contribution in [2.24, 2.45) is 0 Å². The molecule has 0 amide bonds. The average molecular weight is 337 g/mol. The molecule has 0 radical (unpaired) electrons. The number of pyridine rings is 1. The largest absolute Gasteiger partial charge is 0.310 e. The summed E-state index contributed by atoms with van der Waals surface area (Å²) in [4.78, 5) is 4.53. The van der Waals surface area contributed by atoms with Crippen molar-refractivity contribution in [2.75, 3.05) is 6.54 Å². The van der Waals surface area contributed by atoms with E-state index in [1.807, 2.05) is 30.8 Å². The predicted octanol–water partition coefficient (Wildman–Crippen LogP) is 3.71. The molecule has 0 aliphatic carbocycles. The van der Waals surface area contributed by atoms with Gasteiger partial charge in [0.2, 0.25) is 0 Å². The van der Waals surface area contributed by atoms with Gasteiger partial charge in [-0.2, -0.15) is 5.10 Å². The zero-order chi connectivity index (χ0) is 14.7. The Morgan fingerprint density at radius 1 is 1.40 bits per heavy atom. The standard InChI is InChI=1S/C15H21BrN4/c1-5-8-17-10(2)13-7-6-9-18-15(13)20-12(4)14(16)11(3)19-20/h6-7,9-10,17H,5,8H2,1-4H3. The fourth-order valence-corrected chi connectivity index (χ4v) is 2.47. The molecule has 0 fully saturated rings. The fraction of sp³-hybridized carbons (Fsp3) is 0.467. The first-order chi connectivity index (χ1) is 9.56. The molecule has 0 aliphatic rings. The van der Waals surface area contributed by atoms with Crippen molar-refractivity contribution in [2.45, 2.75) is 40.2 Å². The summed E-state index contributed by atoms with van der Waals surface area (Å²) < 4.78 is 2.96. The van der Waals surface area contributed by atoms with Crippen LogP contribution < -0.4 is 5.32 Å². The van der Waals surface area contributed by atoms with Crippen molar-refractivity contribution in [3.05, 3.63) is 39.8 Å². The summed E-state index contributed by atoms with van der Waals surface area (Å²) in [5.74, 6) is 0.898. The molecule has 20 heavy (non-hydrogen) atoms. The van der Waals surface area contributed by atoms with Gasteiger partial charge in [-0.25, -0.2) is 9.67 Å². The number of aromatic nitrogens is 3. The average Bonchev–Trinajstić information content (AvgIpc) is 2.72. The number of hydrogen-bond acceptors (Lipinski definition) is 3. The Kier molecular flexibility index (Phi) is 4.94. The van der Waals surface area contributed by atoms with Gasteiger partial charge in [0.25, 0.3) is 0 Å². The Labute approximate surface area is 128 Å². The van der Waals surface area contributed by atoms with E-state index in [1.165, 1.54) is 5.56 Å². The topological polar surface area (TPSA) is 42.7 Å². The third-order valence-electron chi connectivity index (χ3n) is 3.39. The van der Waals surface area contributed by atoms with Gasteiger partial charge in [-0.3, -0.25) is 0 Å². The minimum atomic E-state index is 0.251. The maximum absolute atomic E-state index is 4.58. The van der Waals surface area contributed by atoms with Gasteiger partial charge in [0.15, 0.2) is 5.82 Å². The van der Waals surface area contributed by atoms with Crippen LogP contribution in [0.4, 0.5) is 0 Å². The van der Waals surface area contributed by atoms with Crippen LogP contribution in [0.2, 0.25) is 0 Å². The van der Waals surface area contributed by atoms with Crippen LogP contribution in [0.1, 0.15) is 43.3 Å². The van der Waals surface area contributed by atoms with E-state index >= 15 is 0 Å². The molecule has 2 aromatic rings. The van der Waals surface area contributed by atoms with Crippen LogP contribution in [0.25, 0.3) is 5.82 Å². The highest BCUT2D eigenvalue weighted by Gasteiger charge is 2.17. The van der Waals surface area contributed by atoms with Gasteiger partial charge in [0.05, 0.1) is 15.9 Å². The Morgan fingerprint density at radius 2 is 2.15 bits per heavy atom. The molecular formula is C15H21BrN4. The van der Waals surface area contributed by atoms with E-state index in [0.717, 1.165) is 34.6 Å². The number of rotatable bonds is 5. The van der Waals surface area contributed by atoms with Gasteiger partial charge in [-0.15, -0.1) is 0 Å². The molecule has 5 heteroatoms. The van der Waals surface area contributed by atoms with Crippen molar-refractivity contribution in [3.8, 4) is 5.82 Å². The lowest BCUT2D eigenvalue weighted by Crippen LogP contribution is -2.21. The van der Waals surface area contributed by atoms with Crippen LogP contribution in [0.3, 0.4) is 0 Å². The molecule has 0 saturated heterocycles. The lowest BCUT2D eigenvalue weighted by atomic mass is 10.1. The normalized spacial score (nSPS) is 12.7. The Morgan fingerprint density at radius 3 is 2.75 bits per heavy atom. The number of aryl methyl sites for hydroxylation is 1. The summed E-state index contributed by atoms with van der Waals surface area (Å²) in [6.07, 6.45) is 2.93. The molecule has 0 spiro atoms. The quantitative estimate of drug-likeness (QED) is 0.904. The van der Waals surface area contributed by atoms with Gasteiger partial charge in [-0.05, 0) is 55.7 Å². The summed E-state index contributed by atoms with van der Waals surface area (Å²) in [6.45, 7) is 9.37. The highest BCUT2D eigenvalue weighted by atomic mass is 79.9. The minimum absolute atomic E-state index is 0.251. The van der Waals surface area contributed by atoms with Crippen LogP contribution >= 0.6 is 15.9 Å². The first-order valence-electron chi connectivity index (χ1n) is 6.96. The molecule has 2 heterocycles. The maximum Gasteiger partial charge on any atom is 0.158 e. The van der Waals surface area contributed by atoms with Gasteiger partial charge in [0.1, 0.15) is 0 Å². The van der Waals surface area contributed by atoms with E-state index in [-0.39, 0.29) is 6.04 Å². The van der Waals surface area contributed by atoms with Gasteiger partial charge in [0, 0.05) is 17.8 Å². The van der Waals surface area contributed by atoms with Crippen LogP contribution in [-0.2, 0) is 0 Å². The number of hydrogen-bond donors (Lipinski definition) is 1. The fourth-order valence-electron chi connectivity index (χ4n) is 2.23. The van der Waals surface area contributed by atoms with E-state index in [1.54, 1.807) is 0 Å². The first kappa shape index (κ1) is 15.2. The Balaban J connectivity index is 2.44. The van der Waals surface area contributed by atoms with Crippen LogP contribution in [0.15, 0.2) is 22.8 Å². The number of nitrogens with zero attached hydrogens (tertiary/aromatic N) is 3. The van der Waals surface area contributed by atoms with Gasteiger partial charge in [-0.1, -0.05) is 13.0 Å². The molecule has 1 unspecified atom stereocenters. The number of nitrogens with one attached hydrogen (secondary N) is 1. The van der Waals surface area contributed by atoms with Crippen LogP contribution in [0.5, 0.6) is 0 Å². The molecule has 2 aromatic heterocycles. The molecule has 1 atom stereocenters. The number of halogens is 1. The molecule has 1 N–H and O–H groups in total. The van der Waals surface area contributed by atoms with Crippen LogP contribution in [0, 0.1) is 13.8 Å². The van der Waals surface area contributed by atoms with E-state index in [2.05, 4.69) is 51.2 Å². The summed E-state index contributed by atoms with van der Waals surface area (Å²) in [5.41, 5.74) is 3.22. The van der Waals surface area contributed by atoms with E-state index < -0.39 is 0 Å². The second-order valence-electron chi connectivity index (χ2n) is 4.99. The molecule has 0 aliphatic heterocycles. The Bertz CT molecular complexity index is 592. The molecule has 0 saturated carbocycles. The minimum Gasteiger partial charge on any atom is -0.310 e. The smallest absolute Gasteiger partial charge is 0.158 e. The molecule has 108 valence electrons. The SMILES string of the molecule is CCCNC(C)c1cccnc1-n1nc(C)c(Br)c1C. The van der Waals surface area contributed by atoms with Crippen molar-refractivity contribution >= 4 is 15.9 Å². The summed E-state index contributed by atoms with van der Waals surface area (Å²) in [5, 5.41) is 8.09. The lowest BCUT2D eigenvalue weighted by Gasteiger charge is -2.17. The maximum atomic E-state index is 4.58. The van der Waals surface area contributed by atoms with Gasteiger partial charge >= 0.3 is 0 Å². The van der Waals surface area contributed by atoms with E-state index in [9.17, 15) is 0 Å². The summed E-state index contributed by atoms with van der Waals surface area (Å²) in [7, 11) is 0. The monoisotopic (exact) mass is 336 g/mol. The molecular weight excluding hydrogens is 316 g/mol. The van der Waals surface area contributed by atoms with Crippen LogP contribution in [-0.4, -0.2) is 21.3 Å². The van der Waals surface area contributed by atoms with Gasteiger partial charge < -0.3 is 5.32 Å². The highest BCUT2D eigenvalue weighted by molar-refractivity contribution is 9.10. The molecule has 4 nitrogen and oxygen atoms in total. The predicted molar refractivity (Wildman–Crippen MR) is 85.2 cm³/mol. The zero-order valence-electron chi connectivity index (χ0n) is 12.4. The van der Waals surface area contributed by atoms with Crippen molar-refractivity contribution < 1.29 is 0 Å². The third kappa shape index (κ3) is 2.94. The van der Waals surface area contributed by atoms with E-state index in [4.69, 9.17) is 0 Å².